The molecule has 1 heterocycles. The van der Waals surface area contributed by atoms with Gasteiger partial charge in [-0.25, -0.2) is 4.39 Å². The van der Waals surface area contributed by atoms with Gasteiger partial charge in [0, 0.05) is 11.3 Å². The van der Waals surface area contributed by atoms with Gasteiger partial charge in [-0.05, 0) is 61.0 Å². The number of thioether (sulfide) groups is 1. The van der Waals surface area contributed by atoms with Crippen molar-refractivity contribution < 1.29 is 9.13 Å². The zero-order valence-electron chi connectivity index (χ0n) is 16.8. The van der Waals surface area contributed by atoms with Gasteiger partial charge in [-0.1, -0.05) is 36.0 Å². The number of halogens is 1. The van der Waals surface area contributed by atoms with Gasteiger partial charge in [-0.2, -0.15) is 5.26 Å². The lowest BCUT2D eigenvalue weighted by Gasteiger charge is -2.12. The summed E-state index contributed by atoms with van der Waals surface area (Å²) < 4.78 is 22.0. The fourth-order valence-electron chi connectivity index (χ4n) is 3.09. The molecule has 4 rings (SSSR count). The van der Waals surface area contributed by atoms with E-state index in [1.54, 1.807) is 34.9 Å². The molecule has 7 heteroatoms. The molecule has 1 aromatic heterocycles. The third kappa shape index (κ3) is 4.60. The molecule has 0 aliphatic heterocycles. The molecule has 0 saturated carbocycles. The number of para-hydroxylation sites is 1. The minimum Gasteiger partial charge on any atom is -0.494 e. The number of benzene rings is 3. The van der Waals surface area contributed by atoms with Crippen LogP contribution in [0.15, 0.2) is 78.0 Å². The number of nitrogens with zero attached hydrogens (tertiary/aromatic N) is 4. The van der Waals surface area contributed by atoms with Crippen molar-refractivity contribution in [3.05, 3.63) is 89.7 Å². The first kappa shape index (κ1) is 20.6. The first-order valence-electron chi connectivity index (χ1n) is 9.75. The van der Waals surface area contributed by atoms with E-state index in [0.29, 0.717) is 34.6 Å². The normalized spacial score (nSPS) is 10.6. The Balaban J connectivity index is 1.70. The standard InChI is InChI=1S/C24H19FN4OS/c1-2-30-20-13-11-19(12-14-20)23-27-28-24(29(23)22-6-4-3-5-21(22)25)31-16-18-9-7-17(15-26)8-10-18/h3-14H,2,16H2,1H3. The van der Waals surface area contributed by atoms with E-state index in [1.807, 2.05) is 43.3 Å². The molecule has 0 fully saturated rings. The molecule has 0 N–H and O–H groups in total. The van der Waals surface area contributed by atoms with Crippen molar-refractivity contribution in [1.82, 2.24) is 14.8 Å². The van der Waals surface area contributed by atoms with Gasteiger partial charge >= 0.3 is 0 Å². The van der Waals surface area contributed by atoms with Gasteiger partial charge in [0.25, 0.3) is 0 Å². The average Bonchev–Trinajstić information content (AvgIpc) is 3.23. The Morgan fingerprint density at radius 2 is 1.74 bits per heavy atom. The summed E-state index contributed by atoms with van der Waals surface area (Å²) in [6, 6.07) is 23.6. The molecule has 4 aromatic rings. The predicted molar refractivity (Wildman–Crippen MR) is 119 cm³/mol. The van der Waals surface area contributed by atoms with E-state index in [0.717, 1.165) is 16.9 Å². The van der Waals surface area contributed by atoms with Crippen molar-refractivity contribution in [2.24, 2.45) is 0 Å². The molecular formula is C24H19FN4OS. The summed E-state index contributed by atoms with van der Waals surface area (Å²) in [6.45, 7) is 2.51. The van der Waals surface area contributed by atoms with Gasteiger partial charge in [0.05, 0.1) is 23.9 Å². The summed E-state index contributed by atoms with van der Waals surface area (Å²) in [5.74, 6) is 1.57. The number of hydrogen-bond acceptors (Lipinski definition) is 5. The third-order valence-electron chi connectivity index (χ3n) is 4.60. The largest absolute Gasteiger partial charge is 0.494 e. The molecule has 0 spiro atoms. The zero-order valence-corrected chi connectivity index (χ0v) is 17.6. The Morgan fingerprint density at radius 1 is 1.00 bits per heavy atom. The summed E-state index contributed by atoms with van der Waals surface area (Å²) >= 11 is 1.46. The summed E-state index contributed by atoms with van der Waals surface area (Å²) in [6.07, 6.45) is 0. The van der Waals surface area contributed by atoms with Gasteiger partial charge in [0.15, 0.2) is 11.0 Å². The monoisotopic (exact) mass is 430 g/mol. The lowest BCUT2D eigenvalue weighted by molar-refractivity contribution is 0.340. The first-order valence-corrected chi connectivity index (χ1v) is 10.7. The summed E-state index contributed by atoms with van der Waals surface area (Å²) in [4.78, 5) is 0. The van der Waals surface area contributed by atoms with Crippen molar-refractivity contribution in [1.29, 1.82) is 5.26 Å². The lowest BCUT2D eigenvalue weighted by atomic mass is 10.2. The van der Waals surface area contributed by atoms with Crippen LogP contribution in [0, 0.1) is 17.1 Å². The third-order valence-corrected chi connectivity index (χ3v) is 5.60. The Bertz CT molecular complexity index is 1210. The molecular weight excluding hydrogens is 411 g/mol. The highest BCUT2D eigenvalue weighted by atomic mass is 32.2. The van der Waals surface area contributed by atoms with Crippen molar-refractivity contribution in [3.63, 3.8) is 0 Å². The summed E-state index contributed by atoms with van der Waals surface area (Å²) in [7, 11) is 0. The topological polar surface area (TPSA) is 63.7 Å². The molecule has 0 radical (unpaired) electrons. The molecule has 3 aromatic carbocycles. The average molecular weight is 431 g/mol. The minimum absolute atomic E-state index is 0.352. The van der Waals surface area contributed by atoms with Gasteiger partial charge in [0.2, 0.25) is 0 Å². The van der Waals surface area contributed by atoms with Crippen molar-refractivity contribution in [3.8, 4) is 28.9 Å². The zero-order chi connectivity index (χ0) is 21.6. The maximum Gasteiger partial charge on any atom is 0.196 e. The van der Waals surface area contributed by atoms with Crippen LogP contribution >= 0.6 is 11.8 Å². The van der Waals surface area contributed by atoms with Gasteiger partial charge in [0.1, 0.15) is 11.6 Å². The molecule has 5 nitrogen and oxygen atoms in total. The highest BCUT2D eigenvalue weighted by molar-refractivity contribution is 7.98. The maximum atomic E-state index is 14.7. The Labute approximate surface area is 184 Å². The highest BCUT2D eigenvalue weighted by Gasteiger charge is 2.18. The van der Waals surface area contributed by atoms with Crippen LogP contribution in [0.5, 0.6) is 5.75 Å². The van der Waals surface area contributed by atoms with Crippen LogP contribution in [-0.2, 0) is 5.75 Å². The number of hydrogen-bond donors (Lipinski definition) is 0. The summed E-state index contributed by atoms with van der Waals surface area (Å²) in [5.41, 5.74) is 2.85. The van der Waals surface area contributed by atoms with Gasteiger partial charge in [-0.3, -0.25) is 4.57 Å². The summed E-state index contributed by atoms with van der Waals surface area (Å²) in [5, 5.41) is 18.2. The highest BCUT2D eigenvalue weighted by Crippen LogP contribution is 2.31. The second-order valence-electron chi connectivity index (χ2n) is 6.65. The van der Waals surface area contributed by atoms with Crippen LogP contribution < -0.4 is 4.74 Å². The van der Waals surface area contributed by atoms with Crippen LogP contribution in [0.2, 0.25) is 0 Å². The van der Waals surface area contributed by atoms with E-state index < -0.39 is 0 Å². The SMILES string of the molecule is CCOc1ccc(-c2nnc(SCc3ccc(C#N)cc3)n2-c2ccccc2F)cc1. The van der Waals surface area contributed by atoms with Crippen LogP contribution in [-0.4, -0.2) is 21.4 Å². The van der Waals surface area contributed by atoms with Crippen LogP contribution in [0.25, 0.3) is 17.1 Å². The van der Waals surface area contributed by atoms with E-state index in [9.17, 15) is 4.39 Å². The van der Waals surface area contributed by atoms with E-state index >= 15 is 0 Å². The molecule has 0 bridgehead atoms. The second-order valence-corrected chi connectivity index (χ2v) is 7.59. The molecule has 0 saturated heterocycles. The molecule has 0 atom stereocenters. The lowest BCUT2D eigenvalue weighted by Crippen LogP contribution is -2.02. The second kappa shape index (κ2) is 9.45. The van der Waals surface area contributed by atoms with Crippen molar-refractivity contribution >= 4 is 11.8 Å². The van der Waals surface area contributed by atoms with E-state index in [1.165, 1.54) is 17.8 Å². The van der Waals surface area contributed by atoms with E-state index in [-0.39, 0.29) is 5.82 Å². The van der Waals surface area contributed by atoms with Crippen LogP contribution in [0.4, 0.5) is 4.39 Å². The molecule has 0 aliphatic rings. The van der Waals surface area contributed by atoms with Crippen LogP contribution in [0.1, 0.15) is 18.1 Å². The Morgan fingerprint density at radius 3 is 2.42 bits per heavy atom. The smallest absolute Gasteiger partial charge is 0.196 e. The predicted octanol–water partition coefficient (Wildman–Crippen LogP) is 5.64. The van der Waals surface area contributed by atoms with E-state index in [4.69, 9.17) is 10.00 Å². The Hall–Kier alpha value is -3.63. The molecule has 31 heavy (non-hydrogen) atoms. The van der Waals surface area contributed by atoms with Gasteiger partial charge in [-0.15, -0.1) is 10.2 Å². The first-order chi connectivity index (χ1) is 15.2. The molecule has 0 unspecified atom stereocenters. The quantitative estimate of drug-likeness (QED) is 0.355. The minimum atomic E-state index is -0.352. The number of rotatable bonds is 7. The van der Waals surface area contributed by atoms with E-state index in [2.05, 4.69) is 16.3 Å². The van der Waals surface area contributed by atoms with Crippen molar-refractivity contribution in [2.75, 3.05) is 6.61 Å². The number of aromatic nitrogens is 3. The fraction of sp³-hybridized carbons (Fsp3) is 0.125. The Kier molecular flexibility index (Phi) is 6.29. The molecule has 154 valence electrons. The van der Waals surface area contributed by atoms with Crippen LogP contribution in [0.3, 0.4) is 0 Å². The van der Waals surface area contributed by atoms with Gasteiger partial charge < -0.3 is 4.74 Å². The number of nitriles is 1. The number of ether oxygens (including phenoxy) is 1. The molecule has 0 aliphatic carbocycles. The fourth-order valence-corrected chi connectivity index (χ4v) is 3.99. The molecule has 0 amide bonds. The maximum absolute atomic E-state index is 14.7. The van der Waals surface area contributed by atoms with Crippen molar-refractivity contribution in [2.45, 2.75) is 17.8 Å².